The summed E-state index contributed by atoms with van der Waals surface area (Å²) in [6.07, 6.45) is 8.49. The number of nitrogens with one attached hydrogen (secondary N) is 1. The first-order valence-electron chi connectivity index (χ1n) is 11.8. The maximum Gasteiger partial charge on any atom is 0.275 e. The summed E-state index contributed by atoms with van der Waals surface area (Å²) < 4.78 is 24.1. The van der Waals surface area contributed by atoms with Crippen molar-refractivity contribution in [2.24, 2.45) is 0 Å². The summed E-state index contributed by atoms with van der Waals surface area (Å²) in [5.74, 6) is -0.836. The van der Waals surface area contributed by atoms with Crippen LogP contribution in [0.25, 0.3) is 0 Å². The molecule has 1 heterocycles. The first-order valence-corrected chi connectivity index (χ1v) is 13.6. The molecule has 9 heteroatoms. The molecular weight excluding hydrogens is 440 g/mol. The van der Waals surface area contributed by atoms with Gasteiger partial charge in [-0.05, 0) is 75.4 Å². The second kappa shape index (κ2) is 10.7. The van der Waals surface area contributed by atoms with Crippen LogP contribution in [0.4, 0.5) is 0 Å². The second-order valence-electron chi connectivity index (χ2n) is 9.27. The van der Waals surface area contributed by atoms with Crippen LogP contribution in [0.1, 0.15) is 80.1 Å². The molecule has 1 N–H and O–H groups in total. The highest BCUT2D eigenvalue weighted by Crippen LogP contribution is 2.32. The lowest BCUT2D eigenvalue weighted by molar-refractivity contribution is -0.132. The van der Waals surface area contributed by atoms with Gasteiger partial charge in [-0.1, -0.05) is 38.3 Å². The number of rotatable bonds is 7. The van der Waals surface area contributed by atoms with Crippen molar-refractivity contribution >= 4 is 21.8 Å². The molecule has 1 saturated heterocycles. The van der Waals surface area contributed by atoms with Crippen LogP contribution in [-0.4, -0.2) is 60.9 Å². The van der Waals surface area contributed by atoms with Gasteiger partial charge in [0, 0.05) is 5.56 Å². The van der Waals surface area contributed by atoms with Gasteiger partial charge in [0.15, 0.2) is 0 Å². The Morgan fingerprint density at radius 1 is 1.15 bits per heavy atom. The quantitative estimate of drug-likeness (QED) is 0.480. The summed E-state index contributed by atoms with van der Waals surface area (Å²) in [4.78, 5) is 28.7. The number of carbonyl (C=O) groups is 2. The van der Waals surface area contributed by atoms with Gasteiger partial charge in [0.05, 0.1) is 6.26 Å². The van der Waals surface area contributed by atoms with Gasteiger partial charge in [0.1, 0.15) is 5.54 Å². The molecular formula is C24H34N4O4S. The van der Waals surface area contributed by atoms with Crippen molar-refractivity contribution in [1.82, 2.24) is 14.5 Å². The molecule has 1 aliphatic carbocycles. The smallest absolute Gasteiger partial charge is 0.275 e. The van der Waals surface area contributed by atoms with Crippen molar-refractivity contribution in [3.05, 3.63) is 35.4 Å². The lowest BCUT2D eigenvalue weighted by Gasteiger charge is -2.37. The summed E-state index contributed by atoms with van der Waals surface area (Å²) in [5.41, 5.74) is 0.237. The third-order valence-corrected chi connectivity index (χ3v) is 7.76. The highest BCUT2D eigenvalue weighted by atomic mass is 32.2. The van der Waals surface area contributed by atoms with Gasteiger partial charge in [0.25, 0.3) is 11.8 Å². The van der Waals surface area contributed by atoms with E-state index in [4.69, 9.17) is 0 Å². The SMILES string of the molecule is CCCN1CCC(c2ccc(C(=O)NC3(C(=O)N(C#N)S(C)(=O)=O)CCCCC3)cc2)CC1. The zero-order chi connectivity index (χ0) is 24.1. The van der Waals surface area contributed by atoms with Crippen molar-refractivity contribution in [1.29, 1.82) is 5.26 Å². The van der Waals surface area contributed by atoms with Crippen molar-refractivity contribution in [2.75, 3.05) is 25.9 Å². The molecule has 180 valence electrons. The molecule has 8 nitrogen and oxygen atoms in total. The minimum atomic E-state index is -4.06. The van der Waals surface area contributed by atoms with Gasteiger partial charge in [0.2, 0.25) is 16.2 Å². The Morgan fingerprint density at radius 2 is 1.76 bits per heavy atom. The van der Waals surface area contributed by atoms with E-state index in [0.29, 0.717) is 37.2 Å². The van der Waals surface area contributed by atoms with Crippen molar-refractivity contribution in [3.8, 4) is 6.19 Å². The predicted molar refractivity (Wildman–Crippen MR) is 126 cm³/mol. The number of nitriles is 1. The van der Waals surface area contributed by atoms with Gasteiger partial charge >= 0.3 is 0 Å². The van der Waals surface area contributed by atoms with Crippen LogP contribution in [-0.2, 0) is 14.8 Å². The number of carbonyl (C=O) groups excluding carboxylic acids is 2. The standard InChI is InChI=1S/C24H34N4O4S/c1-3-15-27-16-11-20(12-17-27)19-7-9-21(10-8-19)22(29)26-24(13-5-4-6-14-24)23(30)28(18-25)33(2,31)32/h7-10,20H,3-6,11-17H2,1-2H3,(H,26,29). The van der Waals surface area contributed by atoms with E-state index in [-0.39, 0.29) is 4.31 Å². The minimum absolute atomic E-state index is 0.201. The van der Waals surface area contributed by atoms with Crippen LogP contribution in [0.15, 0.2) is 24.3 Å². The number of hydrogen-bond donors (Lipinski definition) is 1. The van der Waals surface area contributed by atoms with E-state index < -0.39 is 27.4 Å². The molecule has 1 aromatic carbocycles. The molecule has 1 aliphatic heterocycles. The fraction of sp³-hybridized carbons (Fsp3) is 0.625. The summed E-state index contributed by atoms with van der Waals surface area (Å²) in [6, 6.07) is 7.48. The maximum absolute atomic E-state index is 13.1. The maximum atomic E-state index is 13.1. The average Bonchev–Trinajstić information content (AvgIpc) is 2.80. The highest BCUT2D eigenvalue weighted by Gasteiger charge is 2.46. The largest absolute Gasteiger partial charge is 0.338 e. The number of hydrogen-bond acceptors (Lipinski definition) is 6. The lowest BCUT2D eigenvalue weighted by atomic mass is 9.80. The summed E-state index contributed by atoms with van der Waals surface area (Å²) in [5, 5.41) is 12.1. The molecule has 2 aliphatic rings. The van der Waals surface area contributed by atoms with E-state index in [1.165, 1.54) is 11.8 Å². The summed E-state index contributed by atoms with van der Waals surface area (Å²) in [6.45, 7) is 5.50. The average molecular weight is 475 g/mol. The van der Waals surface area contributed by atoms with Crippen molar-refractivity contribution < 1.29 is 18.0 Å². The Hall–Kier alpha value is -2.44. The van der Waals surface area contributed by atoms with Crippen LogP contribution < -0.4 is 5.32 Å². The highest BCUT2D eigenvalue weighted by molar-refractivity contribution is 7.89. The number of piperidine rings is 1. The van der Waals surface area contributed by atoms with E-state index in [2.05, 4.69) is 17.1 Å². The van der Waals surface area contributed by atoms with E-state index in [0.717, 1.165) is 51.6 Å². The predicted octanol–water partition coefficient (Wildman–Crippen LogP) is 2.98. The molecule has 0 bridgehead atoms. The Morgan fingerprint density at radius 3 is 2.27 bits per heavy atom. The Labute approximate surface area is 197 Å². The molecule has 0 atom stereocenters. The summed E-state index contributed by atoms with van der Waals surface area (Å²) >= 11 is 0. The van der Waals surface area contributed by atoms with Gasteiger partial charge in [-0.3, -0.25) is 9.59 Å². The van der Waals surface area contributed by atoms with Gasteiger partial charge in [-0.2, -0.15) is 5.26 Å². The molecule has 0 aromatic heterocycles. The monoisotopic (exact) mass is 474 g/mol. The number of sulfonamides is 1. The number of likely N-dealkylation sites (tertiary alicyclic amines) is 1. The van der Waals surface area contributed by atoms with E-state index >= 15 is 0 Å². The fourth-order valence-corrected chi connectivity index (χ4v) is 5.64. The first kappa shape index (κ1) is 25.2. The summed E-state index contributed by atoms with van der Waals surface area (Å²) in [7, 11) is -4.06. The van der Waals surface area contributed by atoms with Gasteiger partial charge in [-0.25, -0.2) is 8.42 Å². The minimum Gasteiger partial charge on any atom is -0.338 e. The van der Waals surface area contributed by atoms with Crippen LogP contribution >= 0.6 is 0 Å². The molecule has 1 saturated carbocycles. The van der Waals surface area contributed by atoms with Crippen LogP contribution in [0.2, 0.25) is 0 Å². The zero-order valence-electron chi connectivity index (χ0n) is 19.5. The lowest BCUT2D eigenvalue weighted by Crippen LogP contribution is -2.60. The van der Waals surface area contributed by atoms with Gasteiger partial charge < -0.3 is 10.2 Å². The topological polar surface area (TPSA) is 111 Å². The van der Waals surface area contributed by atoms with Crippen molar-refractivity contribution in [3.63, 3.8) is 0 Å². The van der Waals surface area contributed by atoms with Crippen LogP contribution in [0, 0.1) is 11.5 Å². The third-order valence-electron chi connectivity index (χ3n) is 6.85. The zero-order valence-corrected chi connectivity index (χ0v) is 20.4. The Balaban J connectivity index is 1.73. The third kappa shape index (κ3) is 5.92. The number of amides is 2. The molecule has 1 aromatic rings. The molecule has 2 fully saturated rings. The molecule has 0 radical (unpaired) electrons. The Kier molecular flexibility index (Phi) is 8.14. The number of benzene rings is 1. The van der Waals surface area contributed by atoms with E-state index in [9.17, 15) is 23.3 Å². The molecule has 33 heavy (non-hydrogen) atoms. The van der Waals surface area contributed by atoms with Gasteiger partial charge in [-0.15, -0.1) is 4.31 Å². The Bertz CT molecular complexity index is 986. The first-order chi connectivity index (χ1) is 15.7. The fourth-order valence-electron chi connectivity index (χ4n) is 5.01. The second-order valence-corrected chi connectivity index (χ2v) is 11.1. The molecule has 0 spiro atoms. The molecule has 3 rings (SSSR count). The van der Waals surface area contributed by atoms with Crippen LogP contribution in [0.5, 0.6) is 0 Å². The normalized spacial score (nSPS) is 19.4. The van der Waals surface area contributed by atoms with Crippen LogP contribution in [0.3, 0.4) is 0 Å². The molecule has 2 amide bonds. The van der Waals surface area contributed by atoms with E-state index in [1.54, 1.807) is 12.1 Å². The van der Waals surface area contributed by atoms with E-state index in [1.807, 2.05) is 12.1 Å². The number of nitrogens with zero attached hydrogens (tertiary/aromatic N) is 3. The van der Waals surface area contributed by atoms with Crippen molar-refractivity contribution in [2.45, 2.75) is 69.7 Å². The molecule has 0 unspecified atom stereocenters.